The van der Waals surface area contributed by atoms with Crippen molar-refractivity contribution in [3.05, 3.63) is 15.6 Å². The zero-order valence-electron chi connectivity index (χ0n) is 9.98. The number of hydrogen-bond donors (Lipinski definition) is 1. The van der Waals surface area contributed by atoms with Crippen LogP contribution in [0.1, 0.15) is 29.4 Å². The third-order valence-corrected chi connectivity index (χ3v) is 5.11. The Morgan fingerprint density at radius 3 is 2.50 bits per heavy atom. The Morgan fingerprint density at radius 1 is 1.50 bits per heavy atom. The smallest absolute Gasteiger partial charge is 0.316 e. The molecule has 0 saturated carbocycles. The molecule has 0 amide bonds. The van der Waals surface area contributed by atoms with E-state index in [9.17, 15) is 4.79 Å². The number of aromatic nitrogens is 1. The number of carbonyl (C=O) groups is 1. The van der Waals surface area contributed by atoms with Gasteiger partial charge in [-0.25, -0.2) is 4.98 Å². The molecule has 3 nitrogen and oxygen atoms in total. The molecule has 1 N–H and O–H groups in total. The summed E-state index contributed by atoms with van der Waals surface area (Å²) in [5.74, 6) is 0.101. The van der Waals surface area contributed by atoms with Crippen molar-refractivity contribution in [1.29, 1.82) is 0 Å². The summed E-state index contributed by atoms with van der Waals surface area (Å²) in [6.07, 6.45) is 0. The lowest BCUT2D eigenvalue weighted by Crippen LogP contribution is -2.22. The molecule has 1 rings (SSSR count). The van der Waals surface area contributed by atoms with Crippen LogP contribution in [-0.2, 0) is 10.5 Å². The van der Waals surface area contributed by atoms with Crippen molar-refractivity contribution in [2.24, 2.45) is 5.92 Å². The maximum absolute atomic E-state index is 11.0. The highest BCUT2D eigenvalue weighted by molar-refractivity contribution is 7.99. The van der Waals surface area contributed by atoms with E-state index >= 15 is 0 Å². The first-order valence-electron chi connectivity index (χ1n) is 5.19. The van der Waals surface area contributed by atoms with Crippen LogP contribution in [0.25, 0.3) is 0 Å². The molecule has 1 heterocycles. The van der Waals surface area contributed by atoms with E-state index in [0.717, 1.165) is 10.7 Å². The molecular weight excluding hydrogens is 242 g/mol. The largest absolute Gasteiger partial charge is 0.480 e. The maximum atomic E-state index is 11.0. The van der Waals surface area contributed by atoms with Gasteiger partial charge in [0, 0.05) is 10.6 Å². The summed E-state index contributed by atoms with van der Waals surface area (Å²) in [6.45, 7) is 7.89. The monoisotopic (exact) mass is 259 g/mol. The molecule has 90 valence electrons. The maximum Gasteiger partial charge on any atom is 0.316 e. The van der Waals surface area contributed by atoms with E-state index in [2.05, 4.69) is 4.98 Å². The van der Waals surface area contributed by atoms with Gasteiger partial charge in [0.1, 0.15) is 10.3 Å². The highest BCUT2D eigenvalue weighted by atomic mass is 32.2. The van der Waals surface area contributed by atoms with Gasteiger partial charge in [-0.2, -0.15) is 0 Å². The first-order valence-corrected chi connectivity index (χ1v) is 7.05. The number of thioether (sulfide) groups is 1. The van der Waals surface area contributed by atoms with Crippen molar-refractivity contribution < 1.29 is 9.90 Å². The number of nitrogens with zero attached hydrogens (tertiary/aromatic N) is 1. The van der Waals surface area contributed by atoms with Crippen LogP contribution in [0.5, 0.6) is 0 Å². The van der Waals surface area contributed by atoms with Gasteiger partial charge in [-0.1, -0.05) is 13.8 Å². The molecule has 1 aromatic heterocycles. The van der Waals surface area contributed by atoms with Crippen LogP contribution >= 0.6 is 23.1 Å². The van der Waals surface area contributed by atoms with Crippen molar-refractivity contribution >= 4 is 29.1 Å². The normalized spacial score (nSPS) is 13.1. The summed E-state index contributed by atoms with van der Waals surface area (Å²) in [5, 5.41) is 9.72. The predicted molar refractivity (Wildman–Crippen MR) is 69.1 cm³/mol. The van der Waals surface area contributed by atoms with Gasteiger partial charge in [-0.15, -0.1) is 23.1 Å². The fraction of sp³-hybridized carbons (Fsp3) is 0.636. The number of aliphatic carboxylic acids is 1. The highest BCUT2D eigenvalue weighted by Crippen LogP contribution is 2.27. The Morgan fingerprint density at radius 2 is 2.12 bits per heavy atom. The van der Waals surface area contributed by atoms with Gasteiger partial charge in [0.15, 0.2) is 0 Å². The molecule has 16 heavy (non-hydrogen) atoms. The molecule has 0 bridgehead atoms. The summed E-state index contributed by atoms with van der Waals surface area (Å²) < 4.78 is 0. The Kier molecular flexibility index (Phi) is 4.80. The molecule has 0 radical (unpaired) electrons. The molecule has 0 spiro atoms. The molecule has 0 aromatic carbocycles. The minimum absolute atomic E-state index is 0.143. The Bertz CT molecular complexity index is 355. The molecule has 1 aromatic rings. The molecule has 0 fully saturated rings. The van der Waals surface area contributed by atoms with Crippen LogP contribution in [0.4, 0.5) is 0 Å². The second-order valence-corrected chi connectivity index (χ2v) is 6.48. The topological polar surface area (TPSA) is 50.2 Å². The van der Waals surface area contributed by atoms with E-state index in [1.54, 1.807) is 11.3 Å². The highest BCUT2D eigenvalue weighted by Gasteiger charge is 2.22. The first kappa shape index (κ1) is 13.5. The predicted octanol–water partition coefficient (Wildman–Crippen LogP) is 3.10. The van der Waals surface area contributed by atoms with Gasteiger partial charge in [0.2, 0.25) is 0 Å². The van der Waals surface area contributed by atoms with E-state index in [1.165, 1.54) is 16.6 Å². The van der Waals surface area contributed by atoms with E-state index in [1.807, 2.05) is 27.7 Å². The summed E-state index contributed by atoms with van der Waals surface area (Å²) in [7, 11) is 0. The summed E-state index contributed by atoms with van der Waals surface area (Å²) >= 11 is 3.12. The van der Waals surface area contributed by atoms with Crippen LogP contribution in [0.15, 0.2) is 0 Å². The number of aryl methyl sites for hydroxylation is 2. The van der Waals surface area contributed by atoms with Gasteiger partial charge in [0.05, 0.1) is 5.69 Å². The molecule has 1 unspecified atom stereocenters. The van der Waals surface area contributed by atoms with Crippen molar-refractivity contribution in [3.63, 3.8) is 0 Å². The fourth-order valence-corrected chi connectivity index (χ4v) is 3.39. The van der Waals surface area contributed by atoms with E-state index in [0.29, 0.717) is 5.75 Å². The van der Waals surface area contributed by atoms with Crippen LogP contribution in [0.2, 0.25) is 0 Å². The Labute approximate surface area is 104 Å². The standard InChI is InChI=1S/C11H17NO2S2/c1-6(2)10(11(13)14)15-5-9-12-7(3)8(4)16-9/h6,10H,5H2,1-4H3,(H,13,14). The molecule has 0 aliphatic rings. The quantitative estimate of drug-likeness (QED) is 0.882. The van der Waals surface area contributed by atoms with Crippen molar-refractivity contribution in [1.82, 2.24) is 4.98 Å². The van der Waals surface area contributed by atoms with Crippen molar-refractivity contribution in [2.45, 2.75) is 38.7 Å². The average molecular weight is 259 g/mol. The second kappa shape index (κ2) is 5.68. The summed E-state index contributed by atoms with van der Waals surface area (Å²) in [4.78, 5) is 16.6. The molecule has 1 atom stereocenters. The van der Waals surface area contributed by atoms with Gasteiger partial charge in [-0.3, -0.25) is 4.79 Å². The Balaban J connectivity index is 2.59. The average Bonchev–Trinajstić information content (AvgIpc) is 2.45. The Hall–Kier alpha value is -0.550. The number of thiazole rings is 1. The summed E-state index contributed by atoms with van der Waals surface area (Å²) in [5.41, 5.74) is 1.05. The zero-order valence-corrected chi connectivity index (χ0v) is 11.6. The minimum atomic E-state index is -0.731. The number of carboxylic acid groups (broad SMARTS) is 1. The third kappa shape index (κ3) is 3.49. The fourth-order valence-electron chi connectivity index (χ4n) is 1.31. The van der Waals surface area contributed by atoms with Crippen LogP contribution < -0.4 is 0 Å². The van der Waals surface area contributed by atoms with Crippen LogP contribution in [0.3, 0.4) is 0 Å². The molecule has 0 aliphatic carbocycles. The SMILES string of the molecule is Cc1nc(CSC(C(=O)O)C(C)C)sc1C. The lowest BCUT2D eigenvalue weighted by molar-refractivity contribution is -0.137. The molecule has 5 heteroatoms. The molecular formula is C11H17NO2S2. The third-order valence-electron chi connectivity index (χ3n) is 2.31. The zero-order chi connectivity index (χ0) is 12.3. The van der Waals surface area contributed by atoms with Gasteiger partial charge < -0.3 is 5.11 Å². The minimum Gasteiger partial charge on any atom is -0.480 e. The molecule has 0 aliphatic heterocycles. The van der Waals surface area contributed by atoms with Gasteiger partial charge >= 0.3 is 5.97 Å². The van der Waals surface area contributed by atoms with Crippen LogP contribution in [-0.4, -0.2) is 21.3 Å². The molecule has 0 saturated heterocycles. The number of rotatable bonds is 5. The van der Waals surface area contributed by atoms with Gasteiger partial charge in [0.25, 0.3) is 0 Å². The van der Waals surface area contributed by atoms with Gasteiger partial charge in [-0.05, 0) is 19.8 Å². The van der Waals surface area contributed by atoms with Crippen molar-refractivity contribution in [2.75, 3.05) is 0 Å². The number of carboxylic acids is 1. The lowest BCUT2D eigenvalue weighted by atomic mass is 10.1. The lowest BCUT2D eigenvalue weighted by Gasteiger charge is -2.14. The van der Waals surface area contributed by atoms with E-state index in [-0.39, 0.29) is 11.2 Å². The second-order valence-electron chi connectivity index (χ2n) is 4.06. The van der Waals surface area contributed by atoms with E-state index in [4.69, 9.17) is 5.11 Å². The van der Waals surface area contributed by atoms with E-state index < -0.39 is 5.97 Å². The number of hydrogen-bond acceptors (Lipinski definition) is 4. The first-order chi connectivity index (χ1) is 7.41. The van der Waals surface area contributed by atoms with Crippen LogP contribution in [0, 0.1) is 19.8 Å². The van der Waals surface area contributed by atoms with Crippen molar-refractivity contribution in [3.8, 4) is 0 Å². The summed E-state index contributed by atoms with van der Waals surface area (Å²) in [6, 6.07) is 0.